The second-order valence-corrected chi connectivity index (χ2v) is 5.80. The van der Waals surface area contributed by atoms with E-state index in [1.165, 1.54) is 0 Å². The second-order valence-electron chi connectivity index (χ2n) is 5.80. The van der Waals surface area contributed by atoms with Gasteiger partial charge in [0.25, 0.3) is 5.91 Å². The lowest BCUT2D eigenvalue weighted by Gasteiger charge is -2.11. The van der Waals surface area contributed by atoms with Crippen molar-refractivity contribution in [1.82, 2.24) is 15.2 Å². The van der Waals surface area contributed by atoms with Gasteiger partial charge in [0.1, 0.15) is 5.69 Å². The van der Waals surface area contributed by atoms with E-state index in [2.05, 4.69) is 10.6 Å². The van der Waals surface area contributed by atoms with Gasteiger partial charge in [-0.25, -0.2) is 0 Å². The third-order valence-electron chi connectivity index (χ3n) is 4.01. The smallest absolute Gasteiger partial charge is 0.268 e. The molecule has 2 amide bonds. The summed E-state index contributed by atoms with van der Waals surface area (Å²) in [6.07, 6.45) is 0. The molecule has 0 aliphatic rings. The van der Waals surface area contributed by atoms with E-state index in [-0.39, 0.29) is 18.4 Å². The summed E-state index contributed by atoms with van der Waals surface area (Å²) in [5, 5.41) is 6.37. The first-order valence-electron chi connectivity index (χ1n) is 8.36. The average Bonchev–Trinajstić information content (AvgIpc) is 3.00. The number of carbonyl (C=O) groups is 2. The van der Waals surface area contributed by atoms with Crippen LogP contribution in [0.4, 0.5) is 0 Å². The van der Waals surface area contributed by atoms with Crippen molar-refractivity contribution in [3.05, 3.63) is 71.9 Å². The van der Waals surface area contributed by atoms with Crippen LogP contribution in [0, 0.1) is 0 Å². The largest absolute Gasteiger partial charge is 0.355 e. The van der Waals surface area contributed by atoms with Gasteiger partial charge in [-0.15, -0.1) is 0 Å². The highest BCUT2D eigenvalue weighted by atomic mass is 16.2. The number of carbonyl (C=O) groups excluding carboxylic acids is 2. The topological polar surface area (TPSA) is 63.1 Å². The summed E-state index contributed by atoms with van der Waals surface area (Å²) in [4.78, 5) is 24.2. The van der Waals surface area contributed by atoms with Crippen molar-refractivity contribution in [2.45, 2.75) is 13.5 Å². The van der Waals surface area contributed by atoms with Gasteiger partial charge in [0.2, 0.25) is 5.91 Å². The zero-order valence-electron chi connectivity index (χ0n) is 14.2. The van der Waals surface area contributed by atoms with Gasteiger partial charge in [-0.1, -0.05) is 48.5 Å². The normalized spacial score (nSPS) is 10.6. The molecule has 3 rings (SSSR count). The highest BCUT2D eigenvalue weighted by molar-refractivity contribution is 6.00. The number of fused-ring (bicyclic) bond motifs is 1. The maximum Gasteiger partial charge on any atom is 0.268 e. The van der Waals surface area contributed by atoms with Crippen LogP contribution in [0.1, 0.15) is 23.0 Å². The number of benzene rings is 2. The predicted molar refractivity (Wildman–Crippen MR) is 98.5 cm³/mol. The molecule has 1 aromatic heterocycles. The highest BCUT2D eigenvalue weighted by Gasteiger charge is 2.16. The molecule has 0 aliphatic carbocycles. The highest BCUT2D eigenvalue weighted by Crippen LogP contribution is 2.21. The zero-order valence-corrected chi connectivity index (χ0v) is 14.2. The number of rotatable bonds is 6. The molecule has 2 N–H and O–H groups in total. The van der Waals surface area contributed by atoms with Gasteiger partial charge in [0.05, 0.1) is 6.54 Å². The number of likely N-dealkylation sites (N-methyl/N-ethyl adjacent to an activating group) is 1. The maximum atomic E-state index is 12.6. The summed E-state index contributed by atoms with van der Waals surface area (Å²) in [7, 11) is 0. The van der Waals surface area contributed by atoms with E-state index in [1.807, 2.05) is 72.2 Å². The Morgan fingerprint density at radius 1 is 0.960 bits per heavy atom. The molecular formula is C20H21N3O2. The van der Waals surface area contributed by atoms with E-state index < -0.39 is 0 Å². The average molecular weight is 335 g/mol. The molecule has 128 valence electrons. The summed E-state index contributed by atoms with van der Waals surface area (Å²) in [6, 6.07) is 19.8. The molecule has 5 nitrogen and oxygen atoms in total. The Kier molecular flexibility index (Phi) is 5.14. The fraction of sp³-hybridized carbons (Fsp3) is 0.200. The molecule has 3 aromatic rings. The lowest BCUT2D eigenvalue weighted by Crippen LogP contribution is -2.37. The number of nitrogens with zero attached hydrogens (tertiary/aromatic N) is 1. The lowest BCUT2D eigenvalue weighted by atomic mass is 10.2. The molecule has 0 saturated carbocycles. The number of para-hydroxylation sites is 1. The third-order valence-corrected chi connectivity index (χ3v) is 4.01. The summed E-state index contributed by atoms with van der Waals surface area (Å²) in [5.41, 5.74) is 2.66. The van der Waals surface area contributed by atoms with Crippen LogP contribution in [0.25, 0.3) is 10.9 Å². The summed E-state index contributed by atoms with van der Waals surface area (Å²) < 4.78 is 1.98. The van der Waals surface area contributed by atoms with Gasteiger partial charge in [-0.3, -0.25) is 9.59 Å². The Morgan fingerprint density at radius 2 is 1.68 bits per heavy atom. The first-order valence-corrected chi connectivity index (χ1v) is 8.36. The monoisotopic (exact) mass is 335 g/mol. The minimum Gasteiger partial charge on any atom is -0.355 e. The molecule has 0 aliphatic heterocycles. The fourth-order valence-electron chi connectivity index (χ4n) is 2.85. The standard InChI is InChI=1S/C20H21N3O2/c1-2-21-19(24)13-22-20(25)18-12-16-10-6-7-11-17(16)23(18)14-15-8-4-3-5-9-15/h3-12H,2,13-14H2,1H3,(H,21,24)(H,22,25). The first kappa shape index (κ1) is 16.8. The number of hydrogen-bond acceptors (Lipinski definition) is 2. The number of hydrogen-bond donors (Lipinski definition) is 2. The molecule has 2 aromatic carbocycles. The van der Waals surface area contributed by atoms with Gasteiger partial charge < -0.3 is 15.2 Å². The Balaban J connectivity index is 1.90. The summed E-state index contributed by atoms with van der Waals surface area (Å²) in [5.74, 6) is -0.444. The molecule has 0 bridgehead atoms. The van der Waals surface area contributed by atoms with Crippen molar-refractivity contribution in [2.24, 2.45) is 0 Å². The van der Waals surface area contributed by atoms with Gasteiger partial charge in [-0.2, -0.15) is 0 Å². The van der Waals surface area contributed by atoms with E-state index in [0.717, 1.165) is 16.5 Å². The molecule has 1 heterocycles. The Morgan fingerprint density at radius 3 is 2.44 bits per heavy atom. The Hall–Kier alpha value is -3.08. The molecule has 25 heavy (non-hydrogen) atoms. The number of amides is 2. The maximum absolute atomic E-state index is 12.6. The predicted octanol–water partition coefficient (Wildman–Crippen LogP) is 2.56. The van der Waals surface area contributed by atoms with Gasteiger partial charge in [-0.05, 0) is 24.6 Å². The van der Waals surface area contributed by atoms with Crippen LogP contribution in [0.15, 0.2) is 60.7 Å². The molecular weight excluding hydrogens is 314 g/mol. The van der Waals surface area contributed by atoms with Crippen molar-refractivity contribution < 1.29 is 9.59 Å². The minimum absolute atomic E-state index is 0.0282. The van der Waals surface area contributed by atoms with Gasteiger partial charge in [0, 0.05) is 24.0 Å². The Labute approximate surface area is 146 Å². The molecule has 0 unspecified atom stereocenters. The van der Waals surface area contributed by atoms with Crippen LogP contribution in [0.3, 0.4) is 0 Å². The fourth-order valence-corrected chi connectivity index (χ4v) is 2.85. The van der Waals surface area contributed by atoms with Crippen molar-refractivity contribution in [3.63, 3.8) is 0 Å². The molecule has 0 fully saturated rings. The van der Waals surface area contributed by atoms with Crippen LogP contribution in [-0.4, -0.2) is 29.5 Å². The summed E-state index contributed by atoms with van der Waals surface area (Å²) >= 11 is 0. The number of aromatic nitrogens is 1. The van der Waals surface area contributed by atoms with E-state index in [1.54, 1.807) is 0 Å². The van der Waals surface area contributed by atoms with Crippen molar-refractivity contribution >= 4 is 22.7 Å². The molecule has 0 saturated heterocycles. The van der Waals surface area contributed by atoms with Crippen LogP contribution >= 0.6 is 0 Å². The van der Waals surface area contributed by atoms with Crippen LogP contribution in [-0.2, 0) is 11.3 Å². The van der Waals surface area contributed by atoms with Crippen LogP contribution in [0.2, 0.25) is 0 Å². The SMILES string of the molecule is CCNC(=O)CNC(=O)c1cc2ccccc2n1Cc1ccccc1. The van der Waals surface area contributed by atoms with Crippen molar-refractivity contribution in [3.8, 4) is 0 Å². The van der Waals surface area contributed by atoms with Gasteiger partial charge in [0.15, 0.2) is 0 Å². The van der Waals surface area contributed by atoms with E-state index in [9.17, 15) is 9.59 Å². The van der Waals surface area contributed by atoms with E-state index in [0.29, 0.717) is 18.8 Å². The van der Waals surface area contributed by atoms with Crippen molar-refractivity contribution in [2.75, 3.05) is 13.1 Å². The molecule has 0 radical (unpaired) electrons. The summed E-state index contributed by atoms with van der Waals surface area (Å²) in [6.45, 7) is 2.96. The van der Waals surface area contributed by atoms with E-state index in [4.69, 9.17) is 0 Å². The first-order chi connectivity index (χ1) is 12.2. The van der Waals surface area contributed by atoms with Crippen molar-refractivity contribution in [1.29, 1.82) is 0 Å². The van der Waals surface area contributed by atoms with Crippen LogP contribution < -0.4 is 10.6 Å². The van der Waals surface area contributed by atoms with Gasteiger partial charge >= 0.3 is 0 Å². The second kappa shape index (κ2) is 7.66. The quantitative estimate of drug-likeness (QED) is 0.727. The minimum atomic E-state index is -0.251. The van der Waals surface area contributed by atoms with Crippen LogP contribution in [0.5, 0.6) is 0 Å². The third kappa shape index (κ3) is 3.88. The molecule has 0 atom stereocenters. The lowest BCUT2D eigenvalue weighted by molar-refractivity contribution is -0.120. The Bertz CT molecular complexity index is 884. The molecule has 5 heteroatoms. The van der Waals surface area contributed by atoms with E-state index >= 15 is 0 Å². The zero-order chi connectivity index (χ0) is 17.6. The number of nitrogens with one attached hydrogen (secondary N) is 2. The molecule has 0 spiro atoms.